The molecule has 2 rings (SSSR count). The van der Waals surface area contributed by atoms with E-state index in [9.17, 15) is 0 Å². The van der Waals surface area contributed by atoms with Gasteiger partial charge in [-0.15, -0.1) is 5.56 Å². The first kappa shape index (κ1) is 13.9. The molecule has 2 aromatic rings. The van der Waals surface area contributed by atoms with E-state index in [0.717, 1.165) is 24.2 Å². The summed E-state index contributed by atoms with van der Waals surface area (Å²) in [4.78, 5) is 8.61. The van der Waals surface area contributed by atoms with Crippen molar-refractivity contribution < 1.29 is 21.1 Å². The molecule has 0 aliphatic carbocycles. The molecule has 1 aromatic carbocycles. The first-order valence-corrected chi connectivity index (χ1v) is 5.43. The number of benzene rings is 1. The average molecular weight is 396 g/mol. The normalized spacial score (nSPS) is 9.47. The van der Waals surface area contributed by atoms with Gasteiger partial charge < -0.3 is 5.32 Å². The van der Waals surface area contributed by atoms with Crippen LogP contribution in [0.3, 0.4) is 0 Å². The summed E-state index contributed by atoms with van der Waals surface area (Å²) in [6, 6.07) is 12.7. The second-order valence-corrected chi connectivity index (χ2v) is 3.48. The van der Waals surface area contributed by atoms with Gasteiger partial charge in [0, 0.05) is 39.5 Å². The van der Waals surface area contributed by atoms with Crippen LogP contribution in [-0.4, -0.2) is 16.5 Å². The number of nitrogens with zero attached hydrogens (tertiary/aromatic N) is 2. The van der Waals surface area contributed by atoms with Crippen molar-refractivity contribution in [2.24, 2.45) is 0 Å². The Balaban J connectivity index is 0.00000144. The number of nitrogens with one attached hydrogen (secondary N) is 1. The van der Waals surface area contributed by atoms with E-state index in [1.165, 1.54) is 0 Å². The van der Waals surface area contributed by atoms with E-state index in [-0.39, 0.29) is 21.1 Å². The molecular formula is C13H14N3W-. The zero-order chi connectivity index (χ0) is 11.2. The van der Waals surface area contributed by atoms with Gasteiger partial charge in [0.05, 0.1) is 0 Å². The fourth-order valence-corrected chi connectivity index (χ4v) is 1.39. The maximum atomic E-state index is 4.44. The summed E-state index contributed by atoms with van der Waals surface area (Å²) in [5, 5.41) is 3.17. The molecule has 1 N–H and O–H groups in total. The third-order valence-electron chi connectivity index (χ3n) is 2.19. The molecule has 0 unspecified atom stereocenters. The summed E-state index contributed by atoms with van der Waals surface area (Å²) in [5.74, 6) is 0.684. The molecule has 17 heavy (non-hydrogen) atoms. The summed E-state index contributed by atoms with van der Waals surface area (Å²) in [7, 11) is 0. The minimum absolute atomic E-state index is 0. The SMILES string of the molecule is CCCNc1nccc(-c2c[c-]ccc2)n1.[W]. The van der Waals surface area contributed by atoms with Gasteiger partial charge in [-0.3, -0.25) is 0 Å². The topological polar surface area (TPSA) is 37.8 Å². The quantitative estimate of drug-likeness (QED) is 0.809. The van der Waals surface area contributed by atoms with Crippen LogP contribution in [0.4, 0.5) is 5.95 Å². The molecule has 1 heterocycles. The minimum atomic E-state index is 0. The predicted molar refractivity (Wildman–Crippen MR) is 65.1 cm³/mol. The zero-order valence-corrected chi connectivity index (χ0v) is 12.6. The van der Waals surface area contributed by atoms with Gasteiger partial charge in [-0.2, -0.15) is 30.3 Å². The summed E-state index contributed by atoms with van der Waals surface area (Å²) in [6.07, 6.45) is 2.83. The Hall–Kier alpha value is -1.21. The molecule has 0 spiro atoms. The van der Waals surface area contributed by atoms with Crippen LogP contribution in [0.25, 0.3) is 11.3 Å². The molecule has 3 nitrogen and oxygen atoms in total. The number of hydrogen-bond donors (Lipinski definition) is 1. The van der Waals surface area contributed by atoms with Gasteiger partial charge in [0.15, 0.2) is 0 Å². The van der Waals surface area contributed by atoms with Crippen LogP contribution in [0.15, 0.2) is 36.5 Å². The molecular weight excluding hydrogens is 382 g/mol. The molecule has 0 radical (unpaired) electrons. The van der Waals surface area contributed by atoms with Crippen LogP contribution < -0.4 is 5.32 Å². The molecule has 0 atom stereocenters. The van der Waals surface area contributed by atoms with Gasteiger partial charge in [0.25, 0.3) is 0 Å². The third kappa shape index (κ3) is 3.94. The Morgan fingerprint density at radius 2 is 2.24 bits per heavy atom. The number of rotatable bonds is 4. The second-order valence-electron chi connectivity index (χ2n) is 3.48. The van der Waals surface area contributed by atoms with Crippen LogP contribution in [0.1, 0.15) is 13.3 Å². The van der Waals surface area contributed by atoms with Crippen molar-refractivity contribution >= 4 is 5.95 Å². The monoisotopic (exact) mass is 396 g/mol. The molecule has 1 aromatic heterocycles. The van der Waals surface area contributed by atoms with Crippen molar-refractivity contribution in [3.8, 4) is 11.3 Å². The van der Waals surface area contributed by atoms with Crippen LogP contribution in [0.5, 0.6) is 0 Å². The number of hydrogen-bond acceptors (Lipinski definition) is 3. The minimum Gasteiger partial charge on any atom is -0.354 e. The second kappa shape index (κ2) is 7.18. The van der Waals surface area contributed by atoms with Crippen molar-refractivity contribution in [1.82, 2.24) is 9.97 Å². The van der Waals surface area contributed by atoms with Gasteiger partial charge >= 0.3 is 0 Å². The van der Waals surface area contributed by atoms with E-state index in [2.05, 4.69) is 28.3 Å². The zero-order valence-electron chi connectivity index (χ0n) is 9.68. The largest absolute Gasteiger partial charge is 0.354 e. The molecule has 0 bridgehead atoms. The Morgan fingerprint density at radius 3 is 2.94 bits per heavy atom. The van der Waals surface area contributed by atoms with E-state index >= 15 is 0 Å². The van der Waals surface area contributed by atoms with Crippen molar-refractivity contribution in [2.45, 2.75) is 13.3 Å². The van der Waals surface area contributed by atoms with Crippen molar-refractivity contribution in [3.63, 3.8) is 0 Å². The van der Waals surface area contributed by atoms with Crippen molar-refractivity contribution in [3.05, 3.63) is 42.6 Å². The molecule has 0 aliphatic heterocycles. The van der Waals surface area contributed by atoms with Crippen LogP contribution in [0, 0.1) is 6.07 Å². The molecule has 4 heteroatoms. The van der Waals surface area contributed by atoms with E-state index in [1.54, 1.807) is 6.20 Å². The summed E-state index contributed by atoms with van der Waals surface area (Å²) in [5.41, 5.74) is 1.98. The first-order chi connectivity index (χ1) is 7.90. The van der Waals surface area contributed by atoms with E-state index < -0.39 is 0 Å². The maximum absolute atomic E-state index is 4.44. The third-order valence-corrected chi connectivity index (χ3v) is 2.19. The molecule has 0 amide bonds. The van der Waals surface area contributed by atoms with Gasteiger partial charge in [0.1, 0.15) is 0 Å². The van der Waals surface area contributed by atoms with Crippen molar-refractivity contribution in [2.75, 3.05) is 11.9 Å². The van der Waals surface area contributed by atoms with E-state index in [0.29, 0.717) is 5.95 Å². The molecule has 0 aliphatic rings. The molecule has 88 valence electrons. The predicted octanol–water partition coefficient (Wildman–Crippen LogP) is 2.76. The van der Waals surface area contributed by atoms with Gasteiger partial charge in [-0.1, -0.05) is 6.92 Å². The Morgan fingerprint density at radius 1 is 1.35 bits per heavy atom. The van der Waals surface area contributed by atoms with Crippen LogP contribution in [0.2, 0.25) is 0 Å². The fraction of sp³-hybridized carbons (Fsp3) is 0.231. The van der Waals surface area contributed by atoms with Crippen LogP contribution >= 0.6 is 0 Å². The van der Waals surface area contributed by atoms with Crippen LogP contribution in [-0.2, 0) is 21.1 Å². The van der Waals surface area contributed by atoms with E-state index in [4.69, 9.17) is 0 Å². The smallest absolute Gasteiger partial charge is 0.222 e. The standard InChI is InChI=1S/C13H14N3.W/c1-2-9-14-13-15-10-8-12(16-13)11-6-4-3-5-7-11;/h3-4,6-8,10H,2,9H2,1H3,(H,14,15,16);/q-1;. The van der Waals surface area contributed by atoms with Crippen molar-refractivity contribution in [1.29, 1.82) is 0 Å². The number of anilines is 1. The number of aromatic nitrogens is 2. The maximum Gasteiger partial charge on any atom is 0.222 e. The average Bonchev–Trinajstić information content (AvgIpc) is 2.38. The van der Waals surface area contributed by atoms with Gasteiger partial charge in [-0.05, 0) is 12.5 Å². The molecule has 0 fully saturated rings. The Bertz CT molecular complexity index is 445. The fourth-order valence-electron chi connectivity index (χ4n) is 1.39. The summed E-state index contributed by atoms with van der Waals surface area (Å²) < 4.78 is 0. The Kier molecular flexibility index (Phi) is 5.85. The van der Waals surface area contributed by atoms with Gasteiger partial charge in [-0.25, -0.2) is 9.97 Å². The van der Waals surface area contributed by atoms with E-state index in [1.807, 2.05) is 30.3 Å². The molecule has 0 saturated heterocycles. The first-order valence-electron chi connectivity index (χ1n) is 5.43. The van der Waals surface area contributed by atoms with Gasteiger partial charge in [0.2, 0.25) is 5.95 Å². The summed E-state index contributed by atoms with van der Waals surface area (Å²) >= 11 is 0. The summed E-state index contributed by atoms with van der Waals surface area (Å²) in [6.45, 7) is 3.01. The Labute approximate surface area is 116 Å². The molecule has 0 saturated carbocycles.